The predicted molar refractivity (Wildman–Crippen MR) is 106 cm³/mol. The molecule has 0 saturated heterocycles. The predicted octanol–water partition coefficient (Wildman–Crippen LogP) is 4.44. The molecule has 0 aliphatic rings. The highest BCUT2D eigenvalue weighted by Crippen LogP contribution is 2.24. The van der Waals surface area contributed by atoms with Crippen LogP contribution in [0.4, 0.5) is 5.82 Å². The van der Waals surface area contributed by atoms with Crippen LogP contribution >= 0.6 is 0 Å². The third kappa shape index (κ3) is 3.38. The number of aromatic nitrogens is 3. The molecule has 0 atom stereocenters. The van der Waals surface area contributed by atoms with E-state index >= 15 is 0 Å². The van der Waals surface area contributed by atoms with E-state index in [1.54, 1.807) is 6.20 Å². The normalized spacial score (nSPS) is 10.7. The molecule has 132 valence electrons. The van der Waals surface area contributed by atoms with Crippen LogP contribution in [0.1, 0.15) is 23.7 Å². The summed E-state index contributed by atoms with van der Waals surface area (Å²) in [6.45, 7) is 2.78. The SMILES string of the molecule is CCc1cc(NCc2ccc(-c3ccccc3C#N)cc2)n2nccc2n1. The van der Waals surface area contributed by atoms with Crippen molar-refractivity contribution >= 4 is 11.5 Å². The zero-order valence-corrected chi connectivity index (χ0v) is 15.1. The Morgan fingerprint density at radius 3 is 2.67 bits per heavy atom. The highest BCUT2D eigenvalue weighted by molar-refractivity contribution is 5.70. The Labute approximate surface area is 157 Å². The molecule has 2 aromatic heterocycles. The molecule has 0 aliphatic carbocycles. The topological polar surface area (TPSA) is 66.0 Å². The molecule has 0 bridgehead atoms. The Morgan fingerprint density at radius 1 is 1.07 bits per heavy atom. The van der Waals surface area contributed by atoms with Gasteiger partial charge in [-0.15, -0.1) is 0 Å². The lowest BCUT2D eigenvalue weighted by atomic mass is 9.99. The Morgan fingerprint density at radius 2 is 1.89 bits per heavy atom. The monoisotopic (exact) mass is 353 g/mol. The zero-order chi connectivity index (χ0) is 18.6. The molecule has 5 nitrogen and oxygen atoms in total. The molecule has 4 rings (SSSR count). The van der Waals surface area contributed by atoms with Crippen molar-refractivity contribution in [3.8, 4) is 17.2 Å². The van der Waals surface area contributed by atoms with Crippen LogP contribution in [-0.4, -0.2) is 14.6 Å². The Hall–Kier alpha value is -3.65. The maximum absolute atomic E-state index is 9.28. The average Bonchev–Trinajstić information content (AvgIpc) is 3.21. The minimum absolute atomic E-state index is 0.683. The highest BCUT2D eigenvalue weighted by atomic mass is 15.3. The maximum atomic E-state index is 9.28. The van der Waals surface area contributed by atoms with Crippen molar-refractivity contribution < 1.29 is 0 Å². The van der Waals surface area contributed by atoms with E-state index in [1.165, 1.54) is 0 Å². The molecule has 2 aromatic carbocycles. The van der Waals surface area contributed by atoms with Gasteiger partial charge in [-0.2, -0.15) is 14.9 Å². The van der Waals surface area contributed by atoms with Crippen molar-refractivity contribution in [2.75, 3.05) is 5.32 Å². The molecule has 2 heterocycles. The van der Waals surface area contributed by atoms with Crippen molar-refractivity contribution in [1.29, 1.82) is 5.26 Å². The fourth-order valence-corrected chi connectivity index (χ4v) is 3.10. The summed E-state index contributed by atoms with van der Waals surface area (Å²) in [6, 6.07) is 22.1. The third-order valence-electron chi connectivity index (χ3n) is 4.56. The van der Waals surface area contributed by atoms with Crippen molar-refractivity contribution in [1.82, 2.24) is 14.6 Å². The number of nitrogens with one attached hydrogen (secondary N) is 1. The van der Waals surface area contributed by atoms with Gasteiger partial charge < -0.3 is 5.32 Å². The van der Waals surface area contributed by atoms with Gasteiger partial charge >= 0.3 is 0 Å². The molecule has 0 amide bonds. The summed E-state index contributed by atoms with van der Waals surface area (Å²) >= 11 is 0. The molecule has 27 heavy (non-hydrogen) atoms. The van der Waals surface area contributed by atoms with E-state index in [9.17, 15) is 5.26 Å². The number of fused-ring (bicyclic) bond motifs is 1. The summed E-state index contributed by atoms with van der Waals surface area (Å²) in [5.74, 6) is 0.931. The fourth-order valence-electron chi connectivity index (χ4n) is 3.10. The summed E-state index contributed by atoms with van der Waals surface area (Å²) in [5, 5.41) is 17.1. The average molecular weight is 353 g/mol. The summed E-state index contributed by atoms with van der Waals surface area (Å²) in [7, 11) is 0. The second-order valence-electron chi connectivity index (χ2n) is 6.30. The lowest BCUT2D eigenvalue weighted by molar-refractivity contribution is 0.902. The van der Waals surface area contributed by atoms with Crippen LogP contribution in [0.25, 0.3) is 16.8 Å². The second-order valence-corrected chi connectivity index (χ2v) is 6.30. The first-order valence-electron chi connectivity index (χ1n) is 8.94. The van der Waals surface area contributed by atoms with Crippen LogP contribution in [0.2, 0.25) is 0 Å². The molecule has 0 unspecified atom stereocenters. The second kappa shape index (κ2) is 7.30. The van der Waals surface area contributed by atoms with Crippen LogP contribution in [0, 0.1) is 11.3 Å². The minimum atomic E-state index is 0.683. The van der Waals surface area contributed by atoms with Crippen molar-refractivity contribution in [2.45, 2.75) is 19.9 Å². The zero-order valence-electron chi connectivity index (χ0n) is 15.1. The minimum Gasteiger partial charge on any atom is -0.366 e. The number of nitrogens with zero attached hydrogens (tertiary/aromatic N) is 4. The van der Waals surface area contributed by atoms with E-state index in [4.69, 9.17) is 0 Å². The molecule has 0 spiro atoms. The highest BCUT2D eigenvalue weighted by Gasteiger charge is 2.07. The smallest absolute Gasteiger partial charge is 0.157 e. The number of nitriles is 1. The number of hydrogen-bond acceptors (Lipinski definition) is 4. The van der Waals surface area contributed by atoms with Crippen LogP contribution < -0.4 is 5.32 Å². The fraction of sp³-hybridized carbons (Fsp3) is 0.136. The van der Waals surface area contributed by atoms with Gasteiger partial charge in [0.05, 0.1) is 17.8 Å². The van der Waals surface area contributed by atoms with Crippen molar-refractivity contribution in [3.63, 3.8) is 0 Å². The standard InChI is InChI=1S/C22H19N5/c1-2-19-13-22(27-21(26-19)11-12-25-27)24-15-16-7-9-17(10-8-16)20-6-4-3-5-18(20)14-23/h3-13,24H,2,15H2,1H3. The molecule has 0 fully saturated rings. The van der Waals surface area contributed by atoms with Crippen LogP contribution in [0.3, 0.4) is 0 Å². The Kier molecular flexibility index (Phi) is 4.54. The molecule has 4 aromatic rings. The van der Waals surface area contributed by atoms with E-state index in [1.807, 2.05) is 40.9 Å². The molecule has 1 N–H and O–H groups in total. The van der Waals surface area contributed by atoms with Gasteiger partial charge in [-0.1, -0.05) is 49.4 Å². The number of anilines is 1. The largest absolute Gasteiger partial charge is 0.366 e. The van der Waals surface area contributed by atoms with E-state index in [-0.39, 0.29) is 0 Å². The van der Waals surface area contributed by atoms with Gasteiger partial charge in [0.15, 0.2) is 5.65 Å². The van der Waals surface area contributed by atoms with E-state index < -0.39 is 0 Å². The van der Waals surface area contributed by atoms with Gasteiger partial charge in [0, 0.05) is 24.4 Å². The molecule has 0 radical (unpaired) electrons. The van der Waals surface area contributed by atoms with E-state index in [0.717, 1.165) is 40.3 Å². The van der Waals surface area contributed by atoms with Crippen LogP contribution in [0.5, 0.6) is 0 Å². The summed E-state index contributed by atoms with van der Waals surface area (Å²) in [4.78, 5) is 4.56. The Balaban J connectivity index is 1.55. The number of benzene rings is 2. The van der Waals surface area contributed by atoms with Crippen molar-refractivity contribution in [3.05, 3.63) is 83.7 Å². The molecular formula is C22H19N5. The number of hydrogen-bond donors (Lipinski definition) is 1. The number of aryl methyl sites for hydroxylation is 1. The summed E-state index contributed by atoms with van der Waals surface area (Å²) < 4.78 is 1.82. The summed E-state index contributed by atoms with van der Waals surface area (Å²) in [6.07, 6.45) is 2.64. The maximum Gasteiger partial charge on any atom is 0.157 e. The van der Waals surface area contributed by atoms with Gasteiger partial charge in [-0.05, 0) is 29.2 Å². The first-order valence-corrected chi connectivity index (χ1v) is 8.94. The summed E-state index contributed by atoms with van der Waals surface area (Å²) in [5.41, 5.74) is 5.73. The van der Waals surface area contributed by atoms with Crippen molar-refractivity contribution in [2.24, 2.45) is 0 Å². The first kappa shape index (κ1) is 16.8. The van der Waals surface area contributed by atoms with E-state index in [0.29, 0.717) is 12.1 Å². The van der Waals surface area contributed by atoms with Crippen LogP contribution in [-0.2, 0) is 13.0 Å². The lowest BCUT2D eigenvalue weighted by Gasteiger charge is -2.11. The first-order chi connectivity index (χ1) is 13.3. The molecule has 5 heteroatoms. The lowest BCUT2D eigenvalue weighted by Crippen LogP contribution is -2.07. The molecule has 0 saturated carbocycles. The van der Waals surface area contributed by atoms with Gasteiger partial charge in [-0.25, -0.2) is 4.98 Å². The third-order valence-corrected chi connectivity index (χ3v) is 4.56. The number of rotatable bonds is 5. The van der Waals surface area contributed by atoms with Gasteiger partial charge in [0.2, 0.25) is 0 Å². The quantitative estimate of drug-likeness (QED) is 0.576. The molecule has 0 aliphatic heterocycles. The van der Waals surface area contributed by atoms with Gasteiger partial charge in [-0.3, -0.25) is 0 Å². The van der Waals surface area contributed by atoms with Gasteiger partial charge in [0.1, 0.15) is 5.82 Å². The van der Waals surface area contributed by atoms with Gasteiger partial charge in [0.25, 0.3) is 0 Å². The van der Waals surface area contributed by atoms with Crippen LogP contribution in [0.15, 0.2) is 66.9 Å². The molecular weight excluding hydrogens is 334 g/mol. The Bertz CT molecular complexity index is 1120. The van der Waals surface area contributed by atoms with E-state index in [2.05, 4.69) is 52.7 Å².